The zero-order valence-electron chi connectivity index (χ0n) is 11.3. The number of benzene rings is 1. The summed E-state index contributed by atoms with van der Waals surface area (Å²) in [5, 5.41) is 3.20. The molecule has 2 amide bonds. The lowest BCUT2D eigenvalue weighted by Crippen LogP contribution is -2.36. The number of hydrogen-bond donors (Lipinski definition) is 1. The summed E-state index contributed by atoms with van der Waals surface area (Å²) < 4.78 is 0. The highest BCUT2D eigenvalue weighted by Crippen LogP contribution is 2.32. The van der Waals surface area contributed by atoms with E-state index in [1.54, 1.807) is 0 Å². The molecular weight excluding hydrogens is 240 g/mol. The number of carbonyl (C=O) groups is 2. The predicted octanol–water partition coefficient (Wildman–Crippen LogP) is 2.01. The number of likely N-dealkylation sites (tertiary alicyclic amines) is 1. The monoisotopic (exact) mass is 258 g/mol. The molecule has 0 bridgehead atoms. The van der Waals surface area contributed by atoms with Crippen molar-refractivity contribution in [2.75, 3.05) is 5.32 Å². The van der Waals surface area contributed by atoms with E-state index in [0.717, 1.165) is 29.7 Å². The van der Waals surface area contributed by atoms with Crippen LogP contribution in [0.4, 0.5) is 5.69 Å². The van der Waals surface area contributed by atoms with Gasteiger partial charge in [-0.15, -0.1) is 0 Å². The van der Waals surface area contributed by atoms with Gasteiger partial charge in [0.05, 0.1) is 6.42 Å². The Kier molecular flexibility index (Phi) is 2.81. The minimum atomic E-state index is -0.394. The summed E-state index contributed by atoms with van der Waals surface area (Å²) in [7, 11) is 0. The van der Waals surface area contributed by atoms with E-state index in [2.05, 4.69) is 11.4 Å². The molecule has 4 nitrogen and oxygen atoms in total. The second-order valence-electron chi connectivity index (χ2n) is 5.61. The molecule has 1 saturated heterocycles. The number of hydrogen-bond acceptors (Lipinski definition) is 3. The summed E-state index contributed by atoms with van der Waals surface area (Å²) >= 11 is 0. The molecule has 3 rings (SSSR count). The summed E-state index contributed by atoms with van der Waals surface area (Å²) in [6.45, 7) is 4.05. The fourth-order valence-corrected chi connectivity index (χ4v) is 2.74. The highest BCUT2D eigenvalue weighted by molar-refractivity contribution is 6.07. The number of nitrogens with one attached hydrogen (secondary N) is 1. The third kappa shape index (κ3) is 2.35. The molecule has 1 aliphatic carbocycles. The van der Waals surface area contributed by atoms with Crippen molar-refractivity contribution >= 4 is 17.5 Å². The summed E-state index contributed by atoms with van der Waals surface area (Å²) in [6, 6.07) is 5.87. The maximum absolute atomic E-state index is 12.2. The van der Waals surface area contributed by atoms with E-state index >= 15 is 0 Å². The van der Waals surface area contributed by atoms with E-state index in [4.69, 9.17) is 0 Å². The Labute approximate surface area is 112 Å². The lowest BCUT2D eigenvalue weighted by molar-refractivity contribution is -0.139. The van der Waals surface area contributed by atoms with Crippen molar-refractivity contribution in [3.05, 3.63) is 29.3 Å². The third-order valence-corrected chi connectivity index (χ3v) is 3.66. The second-order valence-corrected chi connectivity index (χ2v) is 5.61. The van der Waals surface area contributed by atoms with Crippen molar-refractivity contribution in [3.63, 3.8) is 0 Å². The van der Waals surface area contributed by atoms with Crippen LogP contribution in [0.1, 0.15) is 30.4 Å². The van der Waals surface area contributed by atoms with Gasteiger partial charge in [0.15, 0.2) is 0 Å². The van der Waals surface area contributed by atoms with Gasteiger partial charge >= 0.3 is 0 Å². The van der Waals surface area contributed by atoms with Gasteiger partial charge in [0.1, 0.15) is 6.04 Å². The molecule has 1 aromatic carbocycles. The first kappa shape index (κ1) is 12.2. The van der Waals surface area contributed by atoms with Gasteiger partial charge in [0.2, 0.25) is 5.91 Å². The molecule has 19 heavy (non-hydrogen) atoms. The number of nitrogens with zero attached hydrogens (tertiary/aromatic N) is 1. The molecule has 100 valence electrons. The van der Waals surface area contributed by atoms with Gasteiger partial charge in [-0.3, -0.25) is 14.5 Å². The molecule has 0 aromatic heterocycles. The Hall–Kier alpha value is -1.84. The van der Waals surface area contributed by atoms with Crippen molar-refractivity contribution in [1.82, 2.24) is 4.90 Å². The fourth-order valence-electron chi connectivity index (χ4n) is 2.74. The smallest absolute Gasteiger partial charge is 0.252 e. The molecule has 0 radical (unpaired) electrons. The Balaban J connectivity index is 1.76. The maximum Gasteiger partial charge on any atom is 0.252 e. The lowest BCUT2D eigenvalue weighted by Gasteiger charge is -2.15. The molecule has 1 heterocycles. The molecule has 4 heteroatoms. The third-order valence-electron chi connectivity index (χ3n) is 3.66. The van der Waals surface area contributed by atoms with Crippen LogP contribution in [0, 0.1) is 13.8 Å². The highest BCUT2D eigenvalue weighted by Gasteiger charge is 2.46. The Morgan fingerprint density at radius 1 is 1.11 bits per heavy atom. The normalized spacial score (nSPS) is 23.1. The average molecular weight is 258 g/mol. The van der Waals surface area contributed by atoms with Gasteiger partial charge < -0.3 is 5.32 Å². The first-order valence-electron chi connectivity index (χ1n) is 6.75. The van der Waals surface area contributed by atoms with Crippen LogP contribution >= 0.6 is 0 Å². The van der Waals surface area contributed by atoms with E-state index in [1.165, 1.54) is 4.90 Å². The van der Waals surface area contributed by atoms with E-state index < -0.39 is 6.04 Å². The van der Waals surface area contributed by atoms with Crippen molar-refractivity contribution in [2.45, 2.75) is 45.2 Å². The molecule has 2 fully saturated rings. The van der Waals surface area contributed by atoms with E-state index in [9.17, 15) is 9.59 Å². The Morgan fingerprint density at radius 3 is 2.32 bits per heavy atom. The largest absolute Gasteiger partial charge is 0.373 e. The summed E-state index contributed by atoms with van der Waals surface area (Å²) in [5.74, 6) is -0.0963. The molecular formula is C15H18N2O2. The standard InChI is InChI=1S/C15H18N2O2/c1-9-5-10(2)7-11(6-9)16-13-8-14(18)17(15(13)19)12-3-4-12/h5-7,12-13,16H,3-4,8H2,1-2H3/t13-/m1/s1. The topological polar surface area (TPSA) is 49.4 Å². The van der Waals surface area contributed by atoms with Gasteiger partial charge in [0.25, 0.3) is 5.91 Å². The summed E-state index contributed by atoms with van der Waals surface area (Å²) in [4.78, 5) is 25.5. The van der Waals surface area contributed by atoms with Crippen LogP contribution in [0.15, 0.2) is 18.2 Å². The molecule has 1 saturated carbocycles. The number of anilines is 1. The predicted molar refractivity (Wildman–Crippen MR) is 72.8 cm³/mol. The lowest BCUT2D eigenvalue weighted by atomic mass is 10.1. The maximum atomic E-state index is 12.2. The molecule has 1 N–H and O–H groups in total. The van der Waals surface area contributed by atoms with Gasteiger partial charge in [-0.25, -0.2) is 0 Å². The molecule has 0 unspecified atom stereocenters. The molecule has 1 atom stereocenters. The van der Waals surface area contributed by atoms with Crippen molar-refractivity contribution < 1.29 is 9.59 Å². The van der Waals surface area contributed by atoms with Gasteiger partial charge in [-0.1, -0.05) is 6.07 Å². The van der Waals surface area contributed by atoms with Crippen LogP contribution in [0.2, 0.25) is 0 Å². The zero-order valence-corrected chi connectivity index (χ0v) is 11.3. The Bertz CT molecular complexity index is 529. The van der Waals surface area contributed by atoms with Gasteiger partial charge in [0, 0.05) is 11.7 Å². The average Bonchev–Trinajstić information content (AvgIpc) is 3.07. The van der Waals surface area contributed by atoms with Gasteiger partial charge in [-0.2, -0.15) is 0 Å². The number of carbonyl (C=O) groups excluding carboxylic acids is 2. The summed E-state index contributed by atoms with van der Waals surface area (Å²) in [6.07, 6.45) is 2.21. The SMILES string of the molecule is Cc1cc(C)cc(N[C@@H]2CC(=O)N(C3CC3)C2=O)c1. The van der Waals surface area contributed by atoms with Crippen LogP contribution in [-0.4, -0.2) is 28.8 Å². The number of amides is 2. The number of rotatable bonds is 3. The van der Waals surface area contributed by atoms with Crippen molar-refractivity contribution in [1.29, 1.82) is 0 Å². The minimum absolute atomic E-state index is 0.0330. The van der Waals surface area contributed by atoms with Crippen LogP contribution in [-0.2, 0) is 9.59 Å². The first-order valence-corrected chi connectivity index (χ1v) is 6.75. The molecule has 2 aliphatic rings. The van der Waals surface area contributed by atoms with Crippen LogP contribution in [0.5, 0.6) is 0 Å². The molecule has 0 spiro atoms. The quantitative estimate of drug-likeness (QED) is 0.844. The van der Waals surface area contributed by atoms with Crippen molar-refractivity contribution in [2.24, 2.45) is 0 Å². The van der Waals surface area contributed by atoms with Crippen LogP contribution in [0.3, 0.4) is 0 Å². The number of imide groups is 1. The second kappa shape index (κ2) is 4.37. The van der Waals surface area contributed by atoms with Crippen LogP contribution < -0.4 is 5.32 Å². The molecule has 1 aliphatic heterocycles. The van der Waals surface area contributed by atoms with E-state index in [0.29, 0.717) is 0 Å². The van der Waals surface area contributed by atoms with Gasteiger partial charge in [-0.05, 0) is 49.9 Å². The van der Waals surface area contributed by atoms with Crippen LogP contribution in [0.25, 0.3) is 0 Å². The zero-order chi connectivity index (χ0) is 13.6. The first-order chi connectivity index (χ1) is 9.04. The summed E-state index contributed by atoms with van der Waals surface area (Å²) in [5.41, 5.74) is 3.22. The molecule has 1 aromatic rings. The fraction of sp³-hybridized carbons (Fsp3) is 0.467. The van der Waals surface area contributed by atoms with E-state index in [-0.39, 0.29) is 24.3 Å². The van der Waals surface area contributed by atoms with E-state index in [1.807, 2.05) is 26.0 Å². The minimum Gasteiger partial charge on any atom is -0.373 e. The number of aryl methyl sites for hydroxylation is 2. The Morgan fingerprint density at radius 2 is 1.74 bits per heavy atom. The van der Waals surface area contributed by atoms with Crippen molar-refractivity contribution in [3.8, 4) is 0 Å². The highest BCUT2D eigenvalue weighted by atomic mass is 16.2.